The van der Waals surface area contributed by atoms with Gasteiger partial charge in [-0.05, 0) is 62.2 Å². The van der Waals surface area contributed by atoms with Crippen LogP contribution in [0.5, 0.6) is 0 Å². The largest absolute Gasteiger partial charge is 0.417 e. The van der Waals surface area contributed by atoms with Crippen molar-refractivity contribution in [2.45, 2.75) is 32.0 Å². The fourth-order valence-electron chi connectivity index (χ4n) is 3.31. The number of carbonyl (C=O) groups excluding carboxylic acids is 1. The van der Waals surface area contributed by atoms with E-state index in [1.54, 1.807) is 24.8 Å². The van der Waals surface area contributed by atoms with Gasteiger partial charge in [0.15, 0.2) is 0 Å². The Balaban J connectivity index is 1.87. The van der Waals surface area contributed by atoms with Crippen LogP contribution in [-0.2, 0) is 17.4 Å². The summed E-state index contributed by atoms with van der Waals surface area (Å²) in [5.74, 6) is -0.873. The number of benzene rings is 2. The van der Waals surface area contributed by atoms with Crippen molar-refractivity contribution >= 4 is 17.3 Å². The Kier molecular flexibility index (Phi) is 4.79. The van der Waals surface area contributed by atoms with Crippen molar-refractivity contribution in [3.8, 4) is 6.07 Å². The Morgan fingerprint density at radius 2 is 1.89 bits per heavy atom. The highest BCUT2D eigenvalue weighted by Crippen LogP contribution is 2.36. The molecular weight excluding hydrogens is 374 g/mol. The van der Waals surface area contributed by atoms with Crippen LogP contribution in [0.4, 0.5) is 28.9 Å². The standard InChI is InChI=1S/C20H17F4N3O/c1-19(2,27-8-7-12-9-14(21)4-6-17(12)27)18(28)26-15-5-3-13(11-25)16(10-15)20(22,23)24/h3-6,9-10H,7-8H2,1-2H3,(H,26,28). The molecule has 3 rings (SSSR count). The summed E-state index contributed by atoms with van der Waals surface area (Å²) in [6.07, 6.45) is -4.14. The van der Waals surface area contributed by atoms with E-state index in [4.69, 9.17) is 5.26 Å². The zero-order valence-electron chi connectivity index (χ0n) is 15.2. The van der Waals surface area contributed by atoms with Gasteiger partial charge in [0.1, 0.15) is 11.4 Å². The number of rotatable bonds is 3. The van der Waals surface area contributed by atoms with Gasteiger partial charge in [-0.1, -0.05) is 0 Å². The molecule has 0 atom stereocenters. The van der Waals surface area contributed by atoms with Gasteiger partial charge in [0.2, 0.25) is 5.91 Å². The van der Waals surface area contributed by atoms with E-state index >= 15 is 0 Å². The molecule has 0 aliphatic carbocycles. The first kappa shape index (κ1) is 19.7. The molecule has 0 saturated carbocycles. The highest BCUT2D eigenvalue weighted by atomic mass is 19.4. The first-order chi connectivity index (χ1) is 13.0. The predicted octanol–water partition coefficient (Wildman–Crippen LogP) is 4.50. The Morgan fingerprint density at radius 3 is 2.54 bits per heavy atom. The van der Waals surface area contributed by atoms with Gasteiger partial charge in [-0.2, -0.15) is 18.4 Å². The van der Waals surface area contributed by atoms with E-state index in [1.165, 1.54) is 24.3 Å². The predicted molar refractivity (Wildman–Crippen MR) is 96.3 cm³/mol. The molecule has 146 valence electrons. The Morgan fingerprint density at radius 1 is 1.18 bits per heavy atom. The molecule has 0 fully saturated rings. The molecule has 1 aliphatic heterocycles. The highest BCUT2D eigenvalue weighted by molar-refractivity contribution is 6.00. The second kappa shape index (κ2) is 6.82. The zero-order chi connectivity index (χ0) is 20.7. The molecule has 4 nitrogen and oxygen atoms in total. The number of nitrogens with one attached hydrogen (secondary N) is 1. The summed E-state index contributed by atoms with van der Waals surface area (Å²) in [5.41, 5.74) is -1.26. The Bertz CT molecular complexity index is 976. The van der Waals surface area contributed by atoms with Crippen molar-refractivity contribution in [2.75, 3.05) is 16.8 Å². The number of carbonyl (C=O) groups is 1. The Hall–Kier alpha value is -3.08. The van der Waals surface area contributed by atoms with Gasteiger partial charge in [-0.15, -0.1) is 0 Å². The Labute approximate surface area is 159 Å². The molecule has 0 spiro atoms. The van der Waals surface area contributed by atoms with Crippen molar-refractivity contribution in [3.63, 3.8) is 0 Å². The number of nitriles is 1. The quantitative estimate of drug-likeness (QED) is 0.784. The third kappa shape index (κ3) is 3.52. The van der Waals surface area contributed by atoms with Crippen molar-refractivity contribution in [3.05, 3.63) is 58.9 Å². The maximum Gasteiger partial charge on any atom is 0.417 e. The van der Waals surface area contributed by atoms with Crippen LogP contribution in [0.2, 0.25) is 0 Å². The average Bonchev–Trinajstić information content (AvgIpc) is 3.04. The molecule has 1 N–H and O–H groups in total. The number of hydrogen-bond acceptors (Lipinski definition) is 3. The van der Waals surface area contributed by atoms with Gasteiger partial charge in [0, 0.05) is 17.9 Å². The lowest BCUT2D eigenvalue weighted by molar-refractivity contribution is -0.137. The van der Waals surface area contributed by atoms with Crippen molar-refractivity contribution in [1.82, 2.24) is 0 Å². The van der Waals surface area contributed by atoms with Gasteiger partial charge in [0.25, 0.3) is 0 Å². The van der Waals surface area contributed by atoms with Crippen molar-refractivity contribution < 1.29 is 22.4 Å². The molecule has 1 amide bonds. The van der Waals surface area contributed by atoms with E-state index in [2.05, 4.69) is 5.32 Å². The molecule has 2 aromatic rings. The van der Waals surface area contributed by atoms with E-state index in [1.807, 2.05) is 0 Å². The van der Waals surface area contributed by atoms with Crippen LogP contribution in [0.15, 0.2) is 36.4 Å². The van der Waals surface area contributed by atoms with E-state index in [0.717, 1.165) is 23.4 Å². The summed E-state index contributed by atoms with van der Waals surface area (Å²) in [6, 6.07) is 8.85. The number of alkyl halides is 3. The van der Waals surface area contributed by atoms with Crippen LogP contribution in [0, 0.1) is 17.1 Å². The second-order valence-electron chi connectivity index (χ2n) is 7.06. The minimum Gasteiger partial charge on any atom is -0.357 e. The third-order valence-electron chi connectivity index (χ3n) is 4.87. The monoisotopic (exact) mass is 391 g/mol. The second-order valence-corrected chi connectivity index (χ2v) is 7.06. The maximum absolute atomic E-state index is 13.4. The molecule has 0 unspecified atom stereocenters. The molecule has 0 aromatic heterocycles. The van der Waals surface area contributed by atoms with Crippen molar-refractivity contribution in [2.24, 2.45) is 0 Å². The van der Waals surface area contributed by atoms with E-state index < -0.39 is 28.7 Å². The molecule has 0 saturated heterocycles. The van der Waals surface area contributed by atoms with Gasteiger partial charge in [-0.3, -0.25) is 4.79 Å². The molecule has 2 aromatic carbocycles. The third-order valence-corrected chi connectivity index (χ3v) is 4.87. The van der Waals surface area contributed by atoms with Crippen LogP contribution in [0.3, 0.4) is 0 Å². The van der Waals surface area contributed by atoms with Gasteiger partial charge < -0.3 is 10.2 Å². The lowest BCUT2D eigenvalue weighted by Gasteiger charge is -2.36. The number of anilines is 2. The normalized spacial score (nSPS) is 13.8. The van der Waals surface area contributed by atoms with Gasteiger partial charge in [-0.25, -0.2) is 4.39 Å². The van der Waals surface area contributed by atoms with E-state index in [9.17, 15) is 22.4 Å². The molecule has 28 heavy (non-hydrogen) atoms. The minimum absolute atomic E-state index is 0.0528. The first-order valence-electron chi connectivity index (χ1n) is 8.53. The molecule has 0 bridgehead atoms. The van der Waals surface area contributed by atoms with Crippen LogP contribution in [0.25, 0.3) is 0 Å². The lowest BCUT2D eigenvalue weighted by atomic mass is 10.0. The number of nitrogens with zero attached hydrogens (tertiary/aromatic N) is 2. The number of hydrogen-bond donors (Lipinski definition) is 1. The van der Waals surface area contributed by atoms with E-state index in [-0.39, 0.29) is 11.5 Å². The number of amides is 1. The summed E-state index contributed by atoms with van der Waals surface area (Å²) in [6.45, 7) is 3.78. The van der Waals surface area contributed by atoms with Crippen LogP contribution in [0.1, 0.15) is 30.5 Å². The van der Waals surface area contributed by atoms with Gasteiger partial charge >= 0.3 is 6.18 Å². The average molecular weight is 391 g/mol. The van der Waals surface area contributed by atoms with Crippen molar-refractivity contribution in [1.29, 1.82) is 5.26 Å². The zero-order valence-corrected chi connectivity index (χ0v) is 15.2. The summed E-state index contributed by atoms with van der Waals surface area (Å²) in [5, 5.41) is 11.4. The molecule has 0 radical (unpaired) electrons. The summed E-state index contributed by atoms with van der Waals surface area (Å²) in [4.78, 5) is 14.6. The molecule has 8 heteroatoms. The summed E-state index contributed by atoms with van der Waals surface area (Å²) in [7, 11) is 0. The fraction of sp³-hybridized carbons (Fsp3) is 0.300. The molecule has 1 aliphatic rings. The maximum atomic E-state index is 13.4. The van der Waals surface area contributed by atoms with Gasteiger partial charge in [0.05, 0.1) is 17.2 Å². The molecular formula is C20H17F4N3O. The lowest BCUT2D eigenvalue weighted by Crippen LogP contribution is -2.52. The fourth-order valence-corrected chi connectivity index (χ4v) is 3.31. The highest BCUT2D eigenvalue weighted by Gasteiger charge is 2.39. The minimum atomic E-state index is -4.71. The summed E-state index contributed by atoms with van der Waals surface area (Å²) < 4.78 is 52.8. The SMILES string of the molecule is CC(C)(C(=O)Nc1ccc(C#N)c(C(F)(F)F)c1)N1CCc2cc(F)ccc21. The first-order valence-corrected chi connectivity index (χ1v) is 8.53. The number of fused-ring (bicyclic) bond motifs is 1. The molecule has 1 heterocycles. The van der Waals surface area contributed by atoms with Crippen LogP contribution < -0.4 is 10.2 Å². The smallest absolute Gasteiger partial charge is 0.357 e. The van der Waals surface area contributed by atoms with Crippen LogP contribution in [-0.4, -0.2) is 18.0 Å². The van der Waals surface area contributed by atoms with E-state index in [0.29, 0.717) is 13.0 Å². The summed E-state index contributed by atoms with van der Waals surface area (Å²) >= 11 is 0. The number of halogens is 4. The van der Waals surface area contributed by atoms with Crippen LogP contribution >= 0.6 is 0 Å². The topological polar surface area (TPSA) is 56.1 Å².